The molecule has 1 saturated heterocycles. The van der Waals surface area contributed by atoms with Gasteiger partial charge in [-0.25, -0.2) is 9.67 Å². The highest BCUT2D eigenvalue weighted by molar-refractivity contribution is 5.92. The Balaban J connectivity index is 1.33. The number of carbonyl (C=O) groups is 2. The minimum atomic E-state index is -0.0519. The van der Waals surface area contributed by atoms with E-state index >= 15 is 0 Å². The van der Waals surface area contributed by atoms with Crippen molar-refractivity contribution in [1.82, 2.24) is 19.7 Å². The minimum Gasteiger partial charge on any atom is -0.342 e. The number of rotatable bonds is 4. The first kappa shape index (κ1) is 17.7. The Kier molecular flexibility index (Phi) is 4.68. The van der Waals surface area contributed by atoms with Crippen LogP contribution in [0.15, 0.2) is 24.4 Å². The normalized spacial score (nSPS) is 17.8. The minimum absolute atomic E-state index is 0.00850. The lowest BCUT2D eigenvalue weighted by atomic mass is 9.95. The second kappa shape index (κ2) is 7.13. The molecule has 0 bridgehead atoms. The van der Waals surface area contributed by atoms with Gasteiger partial charge in [-0.3, -0.25) is 9.59 Å². The molecular weight excluding hydrogens is 342 g/mol. The molecule has 27 heavy (non-hydrogen) atoms. The molecule has 7 heteroatoms. The topological polar surface area (TPSA) is 80.1 Å². The first-order chi connectivity index (χ1) is 13.0. The van der Waals surface area contributed by atoms with Crippen LogP contribution in [0.4, 0.5) is 5.69 Å². The van der Waals surface area contributed by atoms with E-state index in [1.807, 2.05) is 36.9 Å². The van der Waals surface area contributed by atoms with Crippen molar-refractivity contribution in [3.63, 3.8) is 0 Å². The van der Waals surface area contributed by atoms with Crippen LogP contribution in [0.25, 0.3) is 5.82 Å². The first-order valence-corrected chi connectivity index (χ1v) is 9.60. The van der Waals surface area contributed by atoms with Crippen LogP contribution in [0.1, 0.15) is 37.1 Å². The number of aryl methyl sites for hydroxylation is 2. The third-order valence-electron chi connectivity index (χ3n) is 5.35. The molecule has 3 heterocycles. The number of hydrogen-bond donors (Lipinski definition) is 1. The molecule has 2 aliphatic rings. The number of amides is 2. The molecule has 142 valence electrons. The molecule has 0 atom stereocenters. The number of nitrogens with one attached hydrogen (secondary N) is 1. The standard InChI is InChI=1S/C20H25N5O2/c1-13-11-14(2)25(23-13)18-6-5-17(12-21-18)22-19(26)15-7-9-24(10-8-15)20(27)16-3-4-16/h5-6,11-12,15-16H,3-4,7-10H2,1-2H3,(H,22,26). The van der Waals surface area contributed by atoms with Crippen LogP contribution in [-0.2, 0) is 9.59 Å². The number of piperidine rings is 1. The van der Waals surface area contributed by atoms with Crippen molar-refractivity contribution in [3.8, 4) is 5.82 Å². The van der Waals surface area contributed by atoms with Crippen LogP contribution in [0.3, 0.4) is 0 Å². The lowest BCUT2D eigenvalue weighted by molar-refractivity contribution is -0.135. The average Bonchev–Trinajstić information content (AvgIpc) is 3.46. The quantitative estimate of drug-likeness (QED) is 0.900. The molecule has 0 radical (unpaired) electrons. The largest absolute Gasteiger partial charge is 0.342 e. The number of likely N-dealkylation sites (tertiary alicyclic amines) is 1. The van der Waals surface area contributed by atoms with Gasteiger partial charge in [0.25, 0.3) is 0 Å². The SMILES string of the molecule is Cc1cc(C)n(-c2ccc(NC(=O)C3CCN(C(=O)C4CC4)CC3)cn2)n1. The second-order valence-corrected chi connectivity index (χ2v) is 7.61. The number of hydrogen-bond acceptors (Lipinski definition) is 4. The Morgan fingerprint density at radius 3 is 2.37 bits per heavy atom. The highest BCUT2D eigenvalue weighted by Gasteiger charge is 2.35. The van der Waals surface area contributed by atoms with Gasteiger partial charge in [-0.05, 0) is 57.7 Å². The van der Waals surface area contributed by atoms with Gasteiger partial charge in [0, 0.05) is 30.6 Å². The van der Waals surface area contributed by atoms with Crippen LogP contribution in [0.5, 0.6) is 0 Å². The average molecular weight is 367 g/mol. The van der Waals surface area contributed by atoms with E-state index in [-0.39, 0.29) is 23.7 Å². The number of nitrogens with zero attached hydrogens (tertiary/aromatic N) is 4. The number of anilines is 1. The smallest absolute Gasteiger partial charge is 0.227 e. The molecule has 2 aromatic heterocycles. The van der Waals surface area contributed by atoms with Crippen LogP contribution in [0.2, 0.25) is 0 Å². The zero-order valence-corrected chi connectivity index (χ0v) is 15.8. The number of pyridine rings is 1. The summed E-state index contributed by atoms with van der Waals surface area (Å²) in [5.74, 6) is 1.21. The summed E-state index contributed by atoms with van der Waals surface area (Å²) < 4.78 is 1.79. The van der Waals surface area contributed by atoms with E-state index in [4.69, 9.17) is 0 Å². The summed E-state index contributed by atoms with van der Waals surface area (Å²) in [7, 11) is 0. The summed E-state index contributed by atoms with van der Waals surface area (Å²) in [5, 5.41) is 7.37. The maximum Gasteiger partial charge on any atom is 0.227 e. The highest BCUT2D eigenvalue weighted by atomic mass is 16.2. The number of aromatic nitrogens is 3. The molecule has 7 nitrogen and oxygen atoms in total. The predicted octanol–water partition coefficient (Wildman–Crippen LogP) is 2.47. The fourth-order valence-corrected chi connectivity index (χ4v) is 3.64. The Bertz CT molecular complexity index is 846. The van der Waals surface area contributed by atoms with Gasteiger partial charge in [0.05, 0.1) is 17.6 Å². The zero-order valence-electron chi connectivity index (χ0n) is 15.8. The predicted molar refractivity (Wildman–Crippen MR) is 101 cm³/mol. The van der Waals surface area contributed by atoms with Crippen LogP contribution in [0, 0.1) is 25.7 Å². The molecule has 2 aromatic rings. The first-order valence-electron chi connectivity index (χ1n) is 9.60. The fourth-order valence-electron chi connectivity index (χ4n) is 3.64. The fraction of sp³-hybridized carbons (Fsp3) is 0.500. The second-order valence-electron chi connectivity index (χ2n) is 7.61. The summed E-state index contributed by atoms with van der Waals surface area (Å²) in [6.07, 6.45) is 5.16. The molecular formula is C20H25N5O2. The van der Waals surface area contributed by atoms with Gasteiger partial charge in [0.15, 0.2) is 5.82 Å². The van der Waals surface area contributed by atoms with Crippen molar-refractivity contribution in [2.45, 2.75) is 39.5 Å². The molecule has 1 N–H and O–H groups in total. The van der Waals surface area contributed by atoms with E-state index in [1.54, 1.807) is 10.9 Å². The molecule has 1 saturated carbocycles. The molecule has 0 aromatic carbocycles. The van der Waals surface area contributed by atoms with E-state index in [1.165, 1.54) is 0 Å². The third kappa shape index (κ3) is 3.86. The highest BCUT2D eigenvalue weighted by Crippen LogP contribution is 2.32. The maximum atomic E-state index is 12.5. The van der Waals surface area contributed by atoms with Crippen LogP contribution < -0.4 is 5.32 Å². The molecule has 2 fully saturated rings. The van der Waals surface area contributed by atoms with E-state index in [9.17, 15) is 9.59 Å². The lowest BCUT2D eigenvalue weighted by Crippen LogP contribution is -2.42. The van der Waals surface area contributed by atoms with Gasteiger partial charge in [-0.15, -0.1) is 0 Å². The summed E-state index contributed by atoms with van der Waals surface area (Å²) in [4.78, 5) is 31.0. The van der Waals surface area contributed by atoms with Crippen LogP contribution >= 0.6 is 0 Å². The van der Waals surface area contributed by atoms with Gasteiger partial charge in [-0.1, -0.05) is 0 Å². The number of carbonyl (C=O) groups excluding carboxylic acids is 2. The zero-order chi connectivity index (χ0) is 19.0. The van der Waals surface area contributed by atoms with E-state index in [2.05, 4.69) is 15.4 Å². The maximum absolute atomic E-state index is 12.5. The Morgan fingerprint density at radius 2 is 1.81 bits per heavy atom. The van der Waals surface area contributed by atoms with E-state index in [0.717, 1.165) is 42.9 Å². The monoisotopic (exact) mass is 367 g/mol. The van der Waals surface area contributed by atoms with Gasteiger partial charge in [-0.2, -0.15) is 5.10 Å². The van der Waals surface area contributed by atoms with Crippen molar-refractivity contribution < 1.29 is 9.59 Å². The van der Waals surface area contributed by atoms with Crippen LogP contribution in [-0.4, -0.2) is 44.6 Å². The molecule has 1 aliphatic heterocycles. The van der Waals surface area contributed by atoms with Gasteiger partial charge < -0.3 is 10.2 Å². The molecule has 1 aliphatic carbocycles. The Morgan fingerprint density at radius 1 is 1.07 bits per heavy atom. The molecule has 4 rings (SSSR count). The lowest BCUT2D eigenvalue weighted by Gasteiger charge is -2.31. The summed E-state index contributed by atoms with van der Waals surface area (Å²) in [6, 6.07) is 5.70. The molecule has 0 spiro atoms. The van der Waals surface area contributed by atoms with Gasteiger partial charge in [0.2, 0.25) is 11.8 Å². The van der Waals surface area contributed by atoms with Gasteiger partial charge in [0.1, 0.15) is 0 Å². The Hall–Kier alpha value is -2.70. The third-order valence-corrected chi connectivity index (χ3v) is 5.35. The van der Waals surface area contributed by atoms with E-state index in [0.29, 0.717) is 18.8 Å². The van der Waals surface area contributed by atoms with Crippen molar-refractivity contribution in [2.24, 2.45) is 11.8 Å². The van der Waals surface area contributed by atoms with E-state index < -0.39 is 0 Å². The van der Waals surface area contributed by atoms with Crippen molar-refractivity contribution >= 4 is 17.5 Å². The summed E-state index contributed by atoms with van der Waals surface area (Å²) in [6.45, 7) is 5.30. The van der Waals surface area contributed by atoms with Crippen molar-refractivity contribution in [3.05, 3.63) is 35.8 Å². The Labute approximate surface area is 158 Å². The summed E-state index contributed by atoms with van der Waals surface area (Å²) >= 11 is 0. The van der Waals surface area contributed by atoms with Gasteiger partial charge >= 0.3 is 0 Å². The van der Waals surface area contributed by atoms with Crippen molar-refractivity contribution in [2.75, 3.05) is 18.4 Å². The molecule has 0 unspecified atom stereocenters. The van der Waals surface area contributed by atoms with Crippen molar-refractivity contribution in [1.29, 1.82) is 0 Å². The molecule has 2 amide bonds. The summed E-state index contributed by atoms with van der Waals surface area (Å²) in [5.41, 5.74) is 2.64.